The number of carboxylic acid groups (broad SMARTS) is 2. The van der Waals surface area contributed by atoms with E-state index in [0.717, 1.165) is 39.8 Å². The van der Waals surface area contributed by atoms with Gasteiger partial charge in [0.25, 0.3) is 0 Å². The maximum absolute atomic E-state index is 12.2. The zero-order chi connectivity index (χ0) is 70.9. The van der Waals surface area contributed by atoms with Gasteiger partial charge < -0.3 is 50.6 Å². The van der Waals surface area contributed by atoms with Crippen LogP contribution in [0.2, 0.25) is 0 Å². The van der Waals surface area contributed by atoms with E-state index in [9.17, 15) is 43.5 Å². The zero-order valence-corrected chi connectivity index (χ0v) is 59.2. The first-order valence-electron chi connectivity index (χ1n) is 31.4. The predicted octanol–water partition coefficient (Wildman–Crippen LogP) is 13.9. The molecular weight excluding hydrogens is 1310 g/mol. The Kier molecular flexibility index (Phi) is 42.9. The lowest BCUT2D eigenvalue weighted by atomic mass is 9.94. The summed E-state index contributed by atoms with van der Waals surface area (Å²) in [5, 5.41) is 31.3. The molecule has 1 heterocycles. The van der Waals surface area contributed by atoms with Crippen LogP contribution in [0.3, 0.4) is 0 Å². The highest BCUT2D eigenvalue weighted by Gasteiger charge is 2.26. The molecule has 2 amide bonds. The number of aliphatic carboxylic acids is 2. The number of amides is 2. The van der Waals surface area contributed by atoms with Crippen LogP contribution >= 0.6 is 33.8 Å². The van der Waals surface area contributed by atoms with Gasteiger partial charge in [-0.25, -0.2) is 9.00 Å². The summed E-state index contributed by atoms with van der Waals surface area (Å²) in [7, 11) is 7.36. The molecule has 1 aliphatic rings. The number of benzene rings is 6. The third kappa shape index (κ3) is 38.5. The molecule has 0 aromatic heterocycles. The highest BCUT2D eigenvalue weighted by molar-refractivity contribution is 8.26. The number of esters is 4. The van der Waals surface area contributed by atoms with Crippen molar-refractivity contribution in [2.24, 2.45) is 23.5 Å². The van der Waals surface area contributed by atoms with Crippen molar-refractivity contribution in [3.8, 4) is 33.4 Å². The summed E-state index contributed by atoms with van der Waals surface area (Å²) < 4.78 is 28.6. The molecule has 6 aromatic carbocycles. The quantitative estimate of drug-likeness (QED) is 0.0134. The average molecular weight is 1410 g/mol. The molecule has 6 atom stereocenters. The number of carboxylic acids is 2. The number of hydrogen-bond acceptors (Lipinski definition) is 15. The second kappa shape index (κ2) is 47.8. The number of nitrogens with one attached hydrogen (secondary N) is 2. The summed E-state index contributed by atoms with van der Waals surface area (Å²) in [6, 6.07) is 54.4. The fraction of sp³-hybridized carbons (Fsp3) is 0.397. The number of nitrogens with two attached hydrogens (primary N) is 1. The molecule has 7 rings (SSSR count). The molecule has 0 bridgehead atoms. The van der Waals surface area contributed by atoms with E-state index in [1.165, 1.54) is 16.7 Å². The van der Waals surface area contributed by atoms with E-state index in [1.807, 2.05) is 129 Å². The van der Waals surface area contributed by atoms with Crippen LogP contribution in [0.4, 0.5) is 4.79 Å². The number of carbonyl (C=O) groups excluding carboxylic acids is 6. The second-order valence-electron chi connectivity index (χ2n) is 23.2. The van der Waals surface area contributed by atoms with Crippen molar-refractivity contribution in [3.63, 3.8) is 0 Å². The Balaban J connectivity index is 0.000000652. The van der Waals surface area contributed by atoms with Crippen molar-refractivity contribution in [1.29, 1.82) is 0 Å². The van der Waals surface area contributed by atoms with Gasteiger partial charge in [0.2, 0.25) is 15.1 Å². The van der Waals surface area contributed by atoms with Gasteiger partial charge in [-0.1, -0.05) is 185 Å². The molecule has 0 radical (unpaired) electrons. The summed E-state index contributed by atoms with van der Waals surface area (Å²) >= 11 is 0. The average Bonchev–Trinajstić information content (AvgIpc) is 1.01. The molecule has 96 heavy (non-hydrogen) atoms. The standard InChI is InChI=1S/C24H29NO5.C23H29NO4.C20H25NO2.C4H4O3.C2H6O.Cl2OS.ClH/c1-3-30-24(29)17(2)15-21(25-22(26)13-14-23(27)28)16-18-9-11-20(12-10-18)19-7-5-4-6-8-19;1-16(21(25)26)14-20(24-22(27)28-23(2,3)4)15-17-10-12-19(13-11-17)18-8-6-5-7-9-18;1-3-23-20(22)15(2)13-19(21)14-16-9-11-18(12-10-16)17-7-5-4-6-8-17;5-3-1-2-4(6)7-3;1-2-3;1-4(2)3;/h4-12,17,21H,3,13-16H2,1-2H3,(H,25,26)(H,27,28);5-13,16,20H,14-15H2,1-4H3,(H,24,27)(H,25,26);4-12,15,19H,3,13-14,21H2,1-2H3;1-2H2;3H,2H2,1H3;;1H/t17-,21?;16-,20?;15-,19?;;;;/m111..../s1. The fourth-order valence-corrected chi connectivity index (χ4v) is 9.33. The van der Waals surface area contributed by atoms with Crippen LogP contribution in [-0.2, 0) is 81.0 Å². The molecule has 19 nitrogen and oxygen atoms in total. The van der Waals surface area contributed by atoms with Crippen LogP contribution in [0.1, 0.15) is 124 Å². The van der Waals surface area contributed by atoms with E-state index in [1.54, 1.807) is 48.5 Å². The molecule has 0 spiro atoms. The molecular formula is C73H94Cl3N3O16S. The Labute approximate surface area is 582 Å². The van der Waals surface area contributed by atoms with Crippen molar-refractivity contribution in [2.75, 3.05) is 19.8 Å². The Morgan fingerprint density at radius 3 is 1.18 bits per heavy atom. The third-order valence-electron chi connectivity index (χ3n) is 13.8. The van der Waals surface area contributed by atoms with E-state index in [0.29, 0.717) is 45.3 Å². The number of halogens is 3. The third-order valence-corrected chi connectivity index (χ3v) is 13.8. The minimum atomic E-state index is -1.67. The van der Waals surface area contributed by atoms with Crippen LogP contribution in [0.25, 0.3) is 33.4 Å². The number of carbonyl (C=O) groups is 8. The van der Waals surface area contributed by atoms with Crippen molar-refractivity contribution in [3.05, 3.63) is 180 Å². The minimum absolute atomic E-state index is 0. The highest BCUT2D eigenvalue weighted by atomic mass is 36.0. The lowest BCUT2D eigenvalue weighted by Gasteiger charge is -2.24. The van der Waals surface area contributed by atoms with Gasteiger partial charge in [-0.2, -0.15) is 0 Å². The van der Waals surface area contributed by atoms with E-state index >= 15 is 0 Å². The van der Waals surface area contributed by atoms with Gasteiger partial charge in [-0.15, -0.1) is 12.4 Å². The van der Waals surface area contributed by atoms with E-state index in [2.05, 4.69) is 85.3 Å². The summed E-state index contributed by atoms with van der Waals surface area (Å²) in [5.74, 6) is -4.60. The summed E-state index contributed by atoms with van der Waals surface area (Å²) in [4.78, 5) is 90.0. The van der Waals surface area contributed by atoms with Gasteiger partial charge in [0.05, 0.1) is 50.2 Å². The first-order valence-corrected chi connectivity index (χ1v) is 34.2. The van der Waals surface area contributed by atoms with E-state index in [-0.39, 0.29) is 92.5 Å². The largest absolute Gasteiger partial charge is 0.481 e. The van der Waals surface area contributed by atoms with Crippen molar-refractivity contribution >= 4 is 90.8 Å². The van der Waals surface area contributed by atoms with Gasteiger partial charge >= 0.3 is 41.9 Å². The Hall–Kier alpha value is -7.98. The van der Waals surface area contributed by atoms with Gasteiger partial charge in [-0.3, -0.25) is 33.6 Å². The fourth-order valence-electron chi connectivity index (χ4n) is 9.33. The lowest BCUT2D eigenvalue weighted by Crippen LogP contribution is -2.41. The number of aliphatic hydroxyl groups is 1. The van der Waals surface area contributed by atoms with Gasteiger partial charge in [0.1, 0.15) is 5.60 Å². The Bertz CT molecular complexity index is 3250. The van der Waals surface area contributed by atoms with Crippen LogP contribution in [0, 0.1) is 17.8 Å². The predicted molar refractivity (Wildman–Crippen MR) is 379 cm³/mol. The smallest absolute Gasteiger partial charge is 0.407 e. The molecule has 1 fully saturated rings. The second-order valence-corrected chi connectivity index (χ2v) is 25.7. The van der Waals surface area contributed by atoms with Crippen LogP contribution < -0.4 is 16.4 Å². The topological polar surface area (TPSA) is 301 Å². The zero-order valence-electron chi connectivity index (χ0n) is 56.0. The number of aliphatic hydroxyl groups excluding tert-OH is 1. The van der Waals surface area contributed by atoms with Crippen LogP contribution in [0.5, 0.6) is 0 Å². The number of alkyl carbamates (subject to hydrolysis) is 1. The summed E-state index contributed by atoms with van der Waals surface area (Å²) in [5.41, 5.74) is 15.7. The van der Waals surface area contributed by atoms with Crippen molar-refractivity contribution in [1.82, 2.24) is 10.6 Å². The molecule has 524 valence electrons. The van der Waals surface area contributed by atoms with Crippen LogP contribution in [0.15, 0.2) is 164 Å². The Morgan fingerprint density at radius 1 is 0.542 bits per heavy atom. The number of cyclic esters (lactones) is 2. The van der Waals surface area contributed by atoms with Crippen molar-refractivity contribution < 1.29 is 76.8 Å². The SMILES string of the molecule is CCO.CCOC(=O)[C@H](C)CC(Cc1ccc(-c2ccccc2)cc1)NC(=O)CCC(=O)O.CCOC(=O)[C@H](C)CC(N)Cc1ccc(-c2ccccc2)cc1.C[C@H](CC(Cc1ccc(-c2ccccc2)cc1)NC(=O)OC(C)(C)C)C(=O)O.Cl.O=C1CCC(=O)O1.O=S(Cl)Cl. The molecule has 0 saturated carbocycles. The molecule has 1 aliphatic heterocycles. The maximum atomic E-state index is 12.2. The van der Waals surface area contributed by atoms with E-state index < -0.39 is 50.7 Å². The number of hydrogen-bond donors (Lipinski definition) is 6. The molecule has 1 saturated heterocycles. The molecule has 0 aliphatic carbocycles. The lowest BCUT2D eigenvalue weighted by molar-refractivity contribution is -0.152. The van der Waals surface area contributed by atoms with Gasteiger partial charge in [-0.05, 0) is 130 Å². The molecule has 3 unspecified atom stereocenters. The van der Waals surface area contributed by atoms with Gasteiger partial charge in [0, 0.05) is 52.5 Å². The van der Waals surface area contributed by atoms with E-state index in [4.69, 9.17) is 34.4 Å². The summed E-state index contributed by atoms with van der Waals surface area (Å²) in [6.07, 6.45) is 2.90. The maximum Gasteiger partial charge on any atom is 0.407 e. The molecule has 7 N–H and O–H groups in total. The normalized spacial score (nSPS) is 13.1. The molecule has 23 heteroatoms. The highest BCUT2D eigenvalue weighted by Crippen LogP contribution is 2.24. The molecule has 6 aromatic rings. The summed E-state index contributed by atoms with van der Waals surface area (Å²) in [6.45, 7) is 16.9. The first-order chi connectivity index (χ1) is 45.1. The first kappa shape index (κ1) is 86.0. The van der Waals surface area contributed by atoms with Gasteiger partial charge in [0.15, 0.2) is 0 Å². The van der Waals surface area contributed by atoms with Crippen molar-refractivity contribution in [2.45, 2.75) is 150 Å². The number of ether oxygens (including phenoxy) is 4. The number of rotatable bonds is 25. The van der Waals surface area contributed by atoms with Crippen LogP contribution in [-0.4, -0.2) is 111 Å². The minimum Gasteiger partial charge on any atom is -0.481 e. The monoisotopic (exact) mass is 1410 g/mol. The Morgan fingerprint density at radius 2 is 0.865 bits per heavy atom.